The fourth-order valence-corrected chi connectivity index (χ4v) is 3.53. The van der Waals surface area contributed by atoms with E-state index in [0.29, 0.717) is 18.7 Å². The van der Waals surface area contributed by atoms with Crippen LogP contribution in [0.3, 0.4) is 0 Å². The number of aromatic nitrogens is 4. The summed E-state index contributed by atoms with van der Waals surface area (Å²) < 4.78 is 2.26. The highest BCUT2D eigenvalue weighted by Crippen LogP contribution is 2.29. The van der Waals surface area contributed by atoms with Crippen molar-refractivity contribution in [2.75, 3.05) is 0 Å². The zero-order chi connectivity index (χ0) is 19.8. The minimum Gasteiger partial charge on any atom is -0.549 e. The number of carbonyl (C=O) groups excluding carboxylic acids is 1. The molecule has 0 aliphatic rings. The Morgan fingerprint density at radius 1 is 1.19 bits per heavy atom. The van der Waals surface area contributed by atoms with E-state index in [0.717, 1.165) is 16.3 Å². The summed E-state index contributed by atoms with van der Waals surface area (Å²) in [4.78, 5) is 45.1. The van der Waals surface area contributed by atoms with Gasteiger partial charge in [-0.05, 0) is 11.8 Å². The van der Waals surface area contributed by atoms with Crippen LogP contribution in [-0.2, 0) is 25.3 Å². The van der Waals surface area contributed by atoms with Crippen LogP contribution in [0.4, 0.5) is 0 Å². The summed E-state index contributed by atoms with van der Waals surface area (Å²) in [7, 11) is 2.90. The first-order valence-electron chi connectivity index (χ1n) is 8.30. The summed E-state index contributed by atoms with van der Waals surface area (Å²) in [5.74, 6) is -0.757. The van der Waals surface area contributed by atoms with Crippen molar-refractivity contribution in [3.05, 3.63) is 26.7 Å². The van der Waals surface area contributed by atoms with Gasteiger partial charge in [-0.15, -0.1) is 0 Å². The molecule has 0 fully saturated rings. The highest BCUT2D eigenvalue weighted by atomic mass is 32.2. The molecule has 142 valence electrons. The molecule has 0 unspecified atom stereocenters. The molecule has 0 aliphatic heterocycles. The van der Waals surface area contributed by atoms with E-state index in [1.165, 1.54) is 18.7 Å². The van der Waals surface area contributed by atoms with Gasteiger partial charge in [-0.1, -0.05) is 39.5 Å². The Bertz CT molecular complexity index is 972. The van der Waals surface area contributed by atoms with E-state index in [4.69, 9.17) is 0 Å². The SMILES string of the molecule is CC[C@H](Sc1nc(CC(C)(C)C)nc2c1c(=O)n(C)c(=O)n2C)C(=O)[O-]. The number of nitrogens with zero attached hydrogens (tertiary/aromatic N) is 4. The van der Waals surface area contributed by atoms with Crippen molar-refractivity contribution in [2.24, 2.45) is 19.5 Å². The highest BCUT2D eigenvalue weighted by Gasteiger charge is 2.22. The van der Waals surface area contributed by atoms with E-state index in [2.05, 4.69) is 9.97 Å². The number of aryl methyl sites for hydroxylation is 1. The molecule has 2 aromatic rings. The van der Waals surface area contributed by atoms with Gasteiger partial charge in [0.1, 0.15) is 16.2 Å². The largest absolute Gasteiger partial charge is 0.549 e. The van der Waals surface area contributed by atoms with E-state index in [9.17, 15) is 19.5 Å². The molecule has 0 saturated carbocycles. The molecule has 9 heteroatoms. The first-order valence-corrected chi connectivity index (χ1v) is 9.18. The molecule has 2 heterocycles. The van der Waals surface area contributed by atoms with Gasteiger partial charge in [0.2, 0.25) is 0 Å². The number of carboxylic acid groups (broad SMARTS) is 1. The van der Waals surface area contributed by atoms with Crippen LogP contribution in [0.5, 0.6) is 0 Å². The zero-order valence-electron chi connectivity index (χ0n) is 15.8. The average Bonchev–Trinajstić information content (AvgIpc) is 2.53. The maximum Gasteiger partial charge on any atom is 0.332 e. The number of carboxylic acids is 1. The topological polar surface area (TPSA) is 110 Å². The molecule has 0 bridgehead atoms. The van der Waals surface area contributed by atoms with Crippen LogP contribution in [0, 0.1) is 5.41 Å². The Hall–Kier alpha value is -2.16. The van der Waals surface area contributed by atoms with Crippen molar-refractivity contribution in [1.29, 1.82) is 0 Å². The molecular weight excluding hydrogens is 356 g/mol. The third kappa shape index (κ3) is 3.98. The summed E-state index contributed by atoms with van der Waals surface area (Å²) in [5.41, 5.74) is -0.942. The lowest BCUT2D eigenvalue weighted by atomic mass is 9.92. The molecule has 2 aromatic heterocycles. The molecular formula is C17H23N4O4S-. The summed E-state index contributed by atoms with van der Waals surface area (Å²) in [6.07, 6.45) is 0.835. The van der Waals surface area contributed by atoms with Crippen molar-refractivity contribution in [1.82, 2.24) is 19.1 Å². The van der Waals surface area contributed by atoms with Gasteiger partial charge in [0.15, 0.2) is 5.65 Å². The second-order valence-electron chi connectivity index (χ2n) is 7.42. The van der Waals surface area contributed by atoms with Crippen molar-refractivity contribution in [2.45, 2.75) is 50.8 Å². The minimum absolute atomic E-state index is 0.118. The fraction of sp³-hybridized carbons (Fsp3) is 0.588. The molecule has 26 heavy (non-hydrogen) atoms. The number of carbonyl (C=O) groups is 1. The maximum atomic E-state index is 12.7. The standard InChI is InChI=1S/C17H24N4O4S/c1-7-9(15(23)24)26-13-11-12(18-10(19-13)8-17(2,3)4)20(5)16(25)21(6)14(11)22/h9H,7-8H2,1-6H3,(H,23,24)/p-1/t9-/m0/s1. The van der Waals surface area contributed by atoms with Crippen LogP contribution >= 0.6 is 11.8 Å². The fourth-order valence-electron chi connectivity index (χ4n) is 2.54. The predicted octanol–water partition coefficient (Wildman–Crippen LogP) is 0.236. The van der Waals surface area contributed by atoms with E-state index in [1.807, 2.05) is 20.8 Å². The third-order valence-corrected chi connectivity index (χ3v) is 5.22. The Labute approximate surface area is 155 Å². The predicted molar refractivity (Wildman–Crippen MR) is 98.1 cm³/mol. The first kappa shape index (κ1) is 20.2. The normalized spacial score (nSPS) is 13.2. The zero-order valence-corrected chi connectivity index (χ0v) is 16.6. The number of hydrogen-bond acceptors (Lipinski definition) is 7. The lowest BCUT2D eigenvalue weighted by molar-refractivity contribution is -0.304. The summed E-state index contributed by atoms with van der Waals surface area (Å²) in [6, 6.07) is 0. The molecule has 0 N–H and O–H groups in total. The molecule has 0 saturated heterocycles. The second-order valence-corrected chi connectivity index (χ2v) is 8.61. The van der Waals surface area contributed by atoms with Crippen LogP contribution in [-0.4, -0.2) is 30.3 Å². The number of hydrogen-bond donors (Lipinski definition) is 0. The Morgan fingerprint density at radius 3 is 2.31 bits per heavy atom. The Kier molecular flexibility index (Phi) is 5.60. The minimum atomic E-state index is -1.22. The molecule has 2 rings (SSSR count). The van der Waals surface area contributed by atoms with Gasteiger partial charge < -0.3 is 9.90 Å². The van der Waals surface area contributed by atoms with Crippen LogP contribution in [0.2, 0.25) is 0 Å². The molecule has 0 radical (unpaired) electrons. The molecule has 0 amide bonds. The monoisotopic (exact) mass is 379 g/mol. The molecule has 0 spiro atoms. The van der Waals surface area contributed by atoms with Crippen molar-refractivity contribution in [3.63, 3.8) is 0 Å². The number of rotatable bonds is 5. The average molecular weight is 379 g/mol. The van der Waals surface area contributed by atoms with E-state index >= 15 is 0 Å². The van der Waals surface area contributed by atoms with Gasteiger partial charge in [-0.25, -0.2) is 14.8 Å². The lowest BCUT2D eigenvalue weighted by Gasteiger charge is -2.20. The van der Waals surface area contributed by atoms with E-state index < -0.39 is 22.5 Å². The third-order valence-electron chi connectivity index (χ3n) is 3.89. The van der Waals surface area contributed by atoms with Crippen molar-refractivity contribution >= 4 is 28.8 Å². The molecule has 8 nitrogen and oxygen atoms in total. The van der Waals surface area contributed by atoms with Crippen LogP contribution in [0.15, 0.2) is 14.6 Å². The molecule has 1 atom stereocenters. The summed E-state index contributed by atoms with van der Waals surface area (Å²) in [5, 5.41) is 10.9. The van der Waals surface area contributed by atoms with Gasteiger partial charge in [-0.2, -0.15) is 0 Å². The van der Waals surface area contributed by atoms with Gasteiger partial charge in [0.25, 0.3) is 5.56 Å². The van der Waals surface area contributed by atoms with Gasteiger partial charge >= 0.3 is 5.69 Å². The number of thioether (sulfide) groups is 1. The smallest absolute Gasteiger partial charge is 0.332 e. The van der Waals surface area contributed by atoms with Crippen LogP contribution in [0.25, 0.3) is 11.0 Å². The van der Waals surface area contributed by atoms with Crippen LogP contribution in [0.1, 0.15) is 39.9 Å². The van der Waals surface area contributed by atoms with Crippen LogP contribution < -0.4 is 16.4 Å². The maximum absolute atomic E-state index is 12.7. The summed E-state index contributed by atoms with van der Waals surface area (Å²) >= 11 is 0.962. The summed E-state index contributed by atoms with van der Waals surface area (Å²) in [6.45, 7) is 7.78. The van der Waals surface area contributed by atoms with Gasteiger partial charge in [-0.3, -0.25) is 13.9 Å². The Balaban J connectivity index is 2.83. The van der Waals surface area contributed by atoms with Gasteiger partial charge in [0, 0.05) is 20.5 Å². The molecule has 0 aliphatic carbocycles. The number of fused-ring (bicyclic) bond motifs is 1. The van der Waals surface area contributed by atoms with Crippen molar-refractivity contribution in [3.8, 4) is 0 Å². The second kappa shape index (κ2) is 7.22. The molecule has 0 aromatic carbocycles. The lowest BCUT2D eigenvalue weighted by Crippen LogP contribution is -2.38. The first-order chi connectivity index (χ1) is 12.0. The Morgan fingerprint density at radius 2 is 1.81 bits per heavy atom. The van der Waals surface area contributed by atoms with E-state index in [1.54, 1.807) is 6.92 Å². The van der Waals surface area contributed by atoms with E-state index in [-0.39, 0.29) is 21.5 Å². The quantitative estimate of drug-likeness (QED) is 0.540. The van der Waals surface area contributed by atoms with Crippen molar-refractivity contribution < 1.29 is 9.90 Å². The number of aliphatic carboxylic acids is 1. The van der Waals surface area contributed by atoms with Gasteiger partial charge in [0.05, 0.1) is 11.2 Å². The highest BCUT2D eigenvalue weighted by molar-refractivity contribution is 8.00.